The highest BCUT2D eigenvalue weighted by atomic mass is 19.1. The van der Waals surface area contributed by atoms with Gasteiger partial charge in [0, 0.05) is 19.6 Å². The number of rotatable bonds is 4. The van der Waals surface area contributed by atoms with Crippen LogP contribution in [0.25, 0.3) is 0 Å². The van der Waals surface area contributed by atoms with E-state index in [0.717, 1.165) is 32.5 Å². The molecule has 1 aliphatic rings. The first-order valence-corrected chi connectivity index (χ1v) is 6.38. The molecule has 0 saturated carbocycles. The number of carbonyl (C=O) groups is 1. The maximum atomic E-state index is 13.3. The first-order valence-electron chi connectivity index (χ1n) is 6.38. The zero-order chi connectivity index (χ0) is 12.8. The molecule has 1 amide bonds. The largest absolute Gasteiger partial charge is 0.381 e. The highest BCUT2D eigenvalue weighted by molar-refractivity contribution is 5.90. The molecule has 4 heteroatoms. The number of ether oxygens (including phenoxy) is 1. The van der Waals surface area contributed by atoms with Gasteiger partial charge in [-0.1, -0.05) is 12.1 Å². The molecule has 1 saturated heterocycles. The van der Waals surface area contributed by atoms with Gasteiger partial charge in [-0.05, 0) is 37.3 Å². The van der Waals surface area contributed by atoms with Crippen molar-refractivity contribution in [1.29, 1.82) is 0 Å². The molecule has 0 unspecified atom stereocenters. The van der Waals surface area contributed by atoms with Gasteiger partial charge in [-0.25, -0.2) is 4.39 Å². The molecule has 1 heterocycles. The number of benzene rings is 1. The fourth-order valence-corrected chi connectivity index (χ4v) is 2.15. The van der Waals surface area contributed by atoms with Crippen LogP contribution in [0.1, 0.15) is 25.7 Å². The second-order valence-electron chi connectivity index (χ2n) is 4.62. The predicted molar refractivity (Wildman–Crippen MR) is 67.8 cm³/mol. The van der Waals surface area contributed by atoms with Crippen molar-refractivity contribution in [2.75, 3.05) is 18.5 Å². The van der Waals surface area contributed by atoms with Crippen LogP contribution in [0.4, 0.5) is 10.1 Å². The van der Waals surface area contributed by atoms with Crippen LogP contribution in [-0.4, -0.2) is 19.1 Å². The molecule has 0 bridgehead atoms. The lowest BCUT2D eigenvalue weighted by molar-refractivity contribution is -0.116. The topological polar surface area (TPSA) is 38.3 Å². The summed E-state index contributed by atoms with van der Waals surface area (Å²) in [4.78, 5) is 11.7. The summed E-state index contributed by atoms with van der Waals surface area (Å²) in [5.41, 5.74) is 0.259. The second-order valence-corrected chi connectivity index (χ2v) is 4.62. The Kier molecular flexibility index (Phi) is 4.70. The molecule has 3 nitrogen and oxygen atoms in total. The van der Waals surface area contributed by atoms with E-state index in [-0.39, 0.29) is 11.6 Å². The van der Waals surface area contributed by atoms with Gasteiger partial charge in [0.1, 0.15) is 5.82 Å². The van der Waals surface area contributed by atoms with E-state index in [9.17, 15) is 9.18 Å². The number of hydrogen-bond donors (Lipinski definition) is 1. The van der Waals surface area contributed by atoms with Crippen LogP contribution in [0.15, 0.2) is 24.3 Å². The minimum absolute atomic E-state index is 0.119. The minimum atomic E-state index is -0.392. The fraction of sp³-hybridized carbons (Fsp3) is 0.500. The maximum Gasteiger partial charge on any atom is 0.224 e. The Balaban J connectivity index is 1.76. The van der Waals surface area contributed by atoms with Gasteiger partial charge in [0.05, 0.1) is 5.69 Å². The first-order chi connectivity index (χ1) is 8.75. The molecule has 0 radical (unpaired) electrons. The van der Waals surface area contributed by atoms with Crippen LogP contribution < -0.4 is 5.32 Å². The Hall–Kier alpha value is -1.42. The smallest absolute Gasteiger partial charge is 0.224 e. The Morgan fingerprint density at radius 2 is 2.06 bits per heavy atom. The van der Waals surface area contributed by atoms with E-state index in [2.05, 4.69) is 5.32 Å². The number of halogens is 1. The van der Waals surface area contributed by atoms with E-state index >= 15 is 0 Å². The standard InChI is InChI=1S/C14H18FNO2/c15-12-3-1-2-4-13(12)16-14(17)6-5-11-7-9-18-10-8-11/h1-4,11H,5-10H2,(H,16,17). The average molecular weight is 251 g/mol. The van der Waals surface area contributed by atoms with Crippen molar-refractivity contribution in [3.05, 3.63) is 30.1 Å². The molecule has 1 fully saturated rings. The molecular weight excluding hydrogens is 233 g/mol. The Morgan fingerprint density at radius 3 is 2.78 bits per heavy atom. The van der Waals surface area contributed by atoms with Crippen LogP contribution in [0.5, 0.6) is 0 Å². The van der Waals surface area contributed by atoms with E-state index in [1.165, 1.54) is 6.07 Å². The monoisotopic (exact) mass is 251 g/mol. The molecule has 1 aromatic carbocycles. The summed E-state index contributed by atoms with van der Waals surface area (Å²) >= 11 is 0. The van der Waals surface area contributed by atoms with E-state index < -0.39 is 5.82 Å². The number of amides is 1. The van der Waals surface area contributed by atoms with E-state index in [1.807, 2.05) is 0 Å². The van der Waals surface area contributed by atoms with Crippen LogP contribution in [0.2, 0.25) is 0 Å². The van der Waals surface area contributed by atoms with Crippen molar-refractivity contribution in [3.63, 3.8) is 0 Å². The van der Waals surface area contributed by atoms with E-state index in [4.69, 9.17) is 4.74 Å². The third kappa shape index (κ3) is 3.81. The first kappa shape index (κ1) is 13.0. The molecule has 1 aromatic rings. The highest BCUT2D eigenvalue weighted by Crippen LogP contribution is 2.20. The molecule has 0 spiro atoms. The highest BCUT2D eigenvalue weighted by Gasteiger charge is 2.15. The molecule has 18 heavy (non-hydrogen) atoms. The van der Waals surface area contributed by atoms with Crippen molar-refractivity contribution >= 4 is 11.6 Å². The van der Waals surface area contributed by atoms with E-state index in [0.29, 0.717) is 12.3 Å². The van der Waals surface area contributed by atoms with Gasteiger partial charge in [0.15, 0.2) is 0 Å². The molecule has 0 atom stereocenters. The Morgan fingerprint density at radius 1 is 1.33 bits per heavy atom. The van der Waals surface area contributed by atoms with Crippen LogP contribution >= 0.6 is 0 Å². The lowest BCUT2D eigenvalue weighted by atomic mass is 9.95. The number of nitrogens with one attached hydrogen (secondary N) is 1. The van der Waals surface area contributed by atoms with Crippen molar-refractivity contribution < 1.29 is 13.9 Å². The average Bonchev–Trinajstić information content (AvgIpc) is 2.40. The minimum Gasteiger partial charge on any atom is -0.381 e. The summed E-state index contributed by atoms with van der Waals surface area (Å²) in [5.74, 6) is 0.0497. The molecule has 0 aliphatic carbocycles. The Labute approximate surface area is 106 Å². The zero-order valence-corrected chi connectivity index (χ0v) is 10.3. The molecule has 0 aromatic heterocycles. The molecule has 98 valence electrons. The van der Waals surface area contributed by atoms with Gasteiger partial charge < -0.3 is 10.1 Å². The second kappa shape index (κ2) is 6.50. The number of carbonyl (C=O) groups excluding carboxylic acids is 1. The zero-order valence-electron chi connectivity index (χ0n) is 10.3. The van der Waals surface area contributed by atoms with Crippen molar-refractivity contribution in [3.8, 4) is 0 Å². The van der Waals surface area contributed by atoms with Gasteiger partial charge >= 0.3 is 0 Å². The predicted octanol–water partition coefficient (Wildman–Crippen LogP) is 2.97. The molecule has 1 N–H and O–H groups in total. The SMILES string of the molecule is O=C(CCC1CCOCC1)Nc1ccccc1F. The van der Waals surface area contributed by atoms with E-state index in [1.54, 1.807) is 18.2 Å². The maximum absolute atomic E-state index is 13.3. The van der Waals surface area contributed by atoms with Crippen molar-refractivity contribution in [1.82, 2.24) is 0 Å². The van der Waals surface area contributed by atoms with Crippen molar-refractivity contribution in [2.45, 2.75) is 25.7 Å². The quantitative estimate of drug-likeness (QED) is 0.893. The van der Waals surface area contributed by atoms with Crippen LogP contribution in [0, 0.1) is 11.7 Å². The summed E-state index contributed by atoms with van der Waals surface area (Å²) in [5, 5.41) is 2.60. The summed E-state index contributed by atoms with van der Waals surface area (Å²) < 4.78 is 18.6. The lowest BCUT2D eigenvalue weighted by Crippen LogP contribution is -2.19. The summed E-state index contributed by atoms with van der Waals surface area (Å²) in [6, 6.07) is 6.22. The number of hydrogen-bond acceptors (Lipinski definition) is 2. The third-order valence-corrected chi connectivity index (χ3v) is 3.27. The van der Waals surface area contributed by atoms with Gasteiger partial charge in [0.25, 0.3) is 0 Å². The molecule has 2 rings (SSSR count). The van der Waals surface area contributed by atoms with Crippen LogP contribution in [0.3, 0.4) is 0 Å². The third-order valence-electron chi connectivity index (χ3n) is 3.27. The normalized spacial score (nSPS) is 16.5. The Bertz CT molecular complexity index is 403. The fourth-order valence-electron chi connectivity index (χ4n) is 2.15. The summed E-state index contributed by atoms with van der Waals surface area (Å²) in [6.07, 6.45) is 3.34. The lowest BCUT2D eigenvalue weighted by Gasteiger charge is -2.21. The van der Waals surface area contributed by atoms with Gasteiger partial charge in [-0.15, -0.1) is 0 Å². The summed E-state index contributed by atoms with van der Waals surface area (Å²) in [6.45, 7) is 1.58. The van der Waals surface area contributed by atoms with Gasteiger partial charge in [-0.2, -0.15) is 0 Å². The molecular formula is C14H18FNO2. The van der Waals surface area contributed by atoms with Crippen LogP contribution in [-0.2, 0) is 9.53 Å². The number of anilines is 1. The van der Waals surface area contributed by atoms with Crippen molar-refractivity contribution in [2.24, 2.45) is 5.92 Å². The molecule has 1 aliphatic heterocycles. The number of para-hydroxylation sites is 1. The van der Waals surface area contributed by atoms with Gasteiger partial charge in [-0.3, -0.25) is 4.79 Å². The van der Waals surface area contributed by atoms with Gasteiger partial charge in [0.2, 0.25) is 5.91 Å². The summed E-state index contributed by atoms with van der Waals surface area (Å²) in [7, 11) is 0.